The molecule has 2 bridgehead atoms. The van der Waals surface area contributed by atoms with Gasteiger partial charge in [-0.05, 0) is 32.7 Å². The third kappa shape index (κ3) is 2.96. The van der Waals surface area contributed by atoms with Crippen LogP contribution in [0.3, 0.4) is 0 Å². The van der Waals surface area contributed by atoms with Crippen LogP contribution in [0.2, 0.25) is 5.02 Å². The molecule has 0 radical (unpaired) electrons. The molecular weight excluding hydrogens is 292 g/mol. The van der Waals surface area contributed by atoms with E-state index in [1.54, 1.807) is 0 Å². The molecule has 2 atom stereocenters. The largest absolute Gasteiger partial charge is 0.361 e. The van der Waals surface area contributed by atoms with E-state index in [4.69, 9.17) is 11.6 Å². The van der Waals surface area contributed by atoms with Crippen molar-refractivity contribution in [3.8, 4) is 0 Å². The molecule has 0 aromatic carbocycles. The lowest BCUT2D eigenvalue weighted by molar-refractivity contribution is -0.384. The average molecular weight is 311 g/mol. The third-order valence-corrected chi connectivity index (χ3v) is 4.92. The van der Waals surface area contributed by atoms with Gasteiger partial charge in [-0.2, -0.15) is 0 Å². The summed E-state index contributed by atoms with van der Waals surface area (Å²) in [7, 11) is 2.19. The number of anilines is 1. The number of aromatic nitrogens is 1. The van der Waals surface area contributed by atoms with Gasteiger partial charge in [-0.25, -0.2) is 4.98 Å². The summed E-state index contributed by atoms with van der Waals surface area (Å²) in [5.74, 6) is 0.331. The van der Waals surface area contributed by atoms with E-state index >= 15 is 0 Å². The lowest BCUT2D eigenvalue weighted by Gasteiger charge is -2.47. The zero-order chi connectivity index (χ0) is 15.0. The highest BCUT2D eigenvalue weighted by molar-refractivity contribution is 6.30. The van der Waals surface area contributed by atoms with Crippen LogP contribution in [-0.4, -0.2) is 40.0 Å². The van der Waals surface area contributed by atoms with Gasteiger partial charge in [-0.1, -0.05) is 18.0 Å². The van der Waals surface area contributed by atoms with Crippen LogP contribution in [0.5, 0.6) is 0 Å². The van der Waals surface area contributed by atoms with Crippen molar-refractivity contribution < 1.29 is 4.92 Å². The molecule has 2 unspecified atom stereocenters. The van der Waals surface area contributed by atoms with E-state index in [-0.39, 0.29) is 16.8 Å². The molecule has 1 aromatic heterocycles. The van der Waals surface area contributed by atoms with E-state index < -0.39 is 4.92 Å². The molecule has 6 nitrogen and oxygen atoms in total. The highest BCUT2D eigenvalue weighted by Gasteiger charge is 2.36. The second kappa shape index (κ2) is 5.77. The Balaban J connectivity index is 1.77. The van der Waals surface area contributed by atoms with Gasteiger partial charge in [0.05, 0.1) is 9.95 Å². The number of halogens is 1. The summed E-state index contributed by atoms with van der Waals surface area (Å²) in [6, 6.07) is 2.73. The lowest BCUT2D eigenvalue weighted by Crippen LogP contribution is -2.52. The van der Waals surface area contributed by atoms with Crippen molar-refractivity contribution in [2.24, 2.45) is 0 Å². The smallest absolute Gasteiger partial charge is 0.312 e. The highest BCUT2D eigenvalue weighted by atomic mass is 35.5. The van der Waals surface area contributed by atoms with Crippen LogP contribution in [0.25, 0.3) is 0 Å². The number of pyridine rings is 1. The number of nitro groups is 1. The number of piperidine rings is 2. The van der Waals surface area contributed by atoms with E-state index in [0.717, 1.165) is 12.8 Å². The van der Waals surface area contributed by atoms with Crippen molar-refractivity contribution in [2.75, 3.05) is 12.4 Å². The maximum absolute atomic E-state index is 11.1. The third-order valence-electron chi connectivity index (χ3n) is 4.71. The molecule has 2 fully saturated rings. The number of hydrogen-bond acceptors (Lipinski definition) is 5. The van der Waals surface area contributed by atoms with Crippen LogP contribution >= 0.6 is 11.6 Å². The van der Waals surface area contributed by atoms with E-state index in [0.29, 0.717) is 17.9 Å². The molecule has 0 saturated carbocycles. The summed E-state index contributed by atoms with van der Waals surface area (Å²) in [6.45, 7) is 0. The van der Waals surface area contributed by atoms with Crippen molar-refractivity contribution in [3.05, 3.63) is 27.4 Å². The molecule has 114 valence electrons. The van der Waals surface area contributed by atoms with Crippen LogP contribution in [0.1, 0.15) is 32.1 Å². The first-order chi connectivity index (χ1) is 10.0. The molecule has 1 N–H and O–H groups in total. The highest BCUT2D eigenvalue weighted by Crippen LogP contribution is 2.35. The second-order valence-electron chi connectivity index (χ2n) is 6.00. The van der Waals surface area contributed by atoms with Gasteiger partial charge in [0.2, 0.25) is 5.82 Å². The van der Waals surface area contributed by atoms with Crippen LogP contribution in [0.15, 0.2) is 12.3 Å². The first-order valence-corrected chi connectivity index (χ1v) is 7.71. The van der Waals surface area contributed by atoms with E-state index in [1.807, 2.05) is 0 Å². The molecule has 2 aliphatic heterocycles. The van der Waals surface area contributed by atoms with Crippen molar-refractivity contribution in [2.45, 2.75) is 50.2 Å². The fourth-order valence-electron chi connectivity index (χ4n) is 3.61. The first-order valence-electron chi connectivity index (χ1n) is 7.33. The van der Waals surface area contributed by atoms with Gasteiger partial charge < -0.3 is 10.2 Å². The topological polar surface area (TPSA) is 71.3 Å². The molecule has 0 amide bonds. The Bertz CT molecular complexity index is 540. The Kier molecular flexibility index (Phi) is 3.99. The molecule has 0 spiro atoms. The minimum atomic E-state index is -0.434. The Morgan fingerprint density at radius 1 is 1.43 bits per heavy atom. The molecule has 2 aliphatic rings. The Hall–Kier alpha value is -1.40. The van der Waals surface area contributed by atoms with E-state index in [2.05, 4.69) is 22.2 Å². The van der Waals surface area contributed by atoms with Gasteiger partial charge >= 0.3 is 5.69 Å². The van der Waals surface area contributed by atoms with E-state index in [1.165, 1.54) is 31.5 Å². The fourth-order valence-corrected chi connectivity index (χ4v) is 3.76. The Labute approximate surface area is 128 Å². The normalized spacial score (nSPS) is 29.1. The molecule has 2 saturated heterocycles. The van der Waals surface area contributed by atoms with Crippen molar-refractivity contribution in [1.29, 1.82) is 0 Å². The minimum absolute atomic E-state index is 0.0495. The Morgan fingerprint density at radius 2 is 2.10 bits per heavy atom. The minimum Gasteiger partial charge on any atom is -0.361 e. The van der Waals surface area contributed by atoms with Crippen LogP contribution in [0, 0.1) is 10.1 Å². The summed E-state index contributed by atoms with van der Waals surface area (Å²) in [5, 5.41) is 14.7. The molecule has 3 rings (SSSR count). The Morgan fingerprint density at radius 3 is 2.71 bits per heavy atom. The number of rotatable bonds is 3. The molecule has 0 aliphatic carbocycles. The van der Waals surface area contributed by atoms with E-state index in [9.17, 15) is 10.1 Å². The predicted molar refractivity (Wildman–Crippen MR) is 81.7 cm³/mol. The second-order valence-corrected chi connectivity index (χ2v) is 6.43. The number of fused-ring (bicyclic) bond motifs is 2. The monoisotopic (exact) mass is 310 g/mol. The van der Waals surface area contributed by atoms with Gasteiger partial charge in [0, 0.05) is 30.4 Å². The predicted octanol–water partition coefficient (Wildman–Crippen LogP) is 3.07. The van der Waals surface area contributed by atoms with Crippen molar-refractivity contribution in [3.63, 3.8) is 0 Å². The van der Waals surface area contributed by atoms with Crippen LogP contribution in [0.4, 0.5) is 11.5 Å². The average Bonchev–Trinajstić information content (AvgIpc) is 2.41. The van der Waals surface area contributed by atoms with Crippen LogP contribution < -0.4 is 5.32 Å². The molecule has 1 aromatic rings. The van der Waals surface area contributed by atoms with Crippen LogP contribution in [-0.2, 0) is 0 Å². The molecule has 3 heterocycles. The number of nitrogens with zero attached hydrogens (tertiary/aromatic N) is 3. The summed E-state index contributed by atoms with van der Waals surface area (Å²) >= 11 is 5.80. The summed E-state index contributed by atoms with van der Waals surface area (Å²) in [6.07, 6.45) is 7.17. The molecule has 21 heavy (non-hydrogen) atoms. The fraction of sp³-hybridized carbons (Fsp3) is 0.643. The summed E-state index contributed by atoms with van der Waals surface area (Å²) < 4.78 is 0. The summed E-state index contributed by atoms with van der Waals surface area (Å²) in [5.41, 5.74) is -0.0495. The van der Waals surface area contributed by atoms with Gasteiger partial charge in [0.15, 0.2) is 0 Å². The number of nitrogens with one attached hydrogen (secondary N) is 1. The zero-order valence-electron chi connectivity index (χ0n) is 12.0. The van der Waals surface area contributed by atoms with Gasteiger partial charge in [0.1, 0.15) is 0 Å². The maximum atomic E-state index is 11.1. The summed E-state index contributed by atoms with van der Waals surface area (Å²) in [4.78, 5) is 17.3. The first kappa shape index (κ1) is 14.5. The van der Waals surface area contributed by atoms with Gasteiger partial charge in [0.25, 0.3) is 0 Å². The van der Waals surface area contributed by atoms with Gasteiger partial charge in [-0.15, -0.1) is 0 Å². The maximum Gasteiger partial charge on any atom is 0.312 e. The SMILES string of the molecule is CN1C2CCCC1CC(Nc1ncc(Cl)cc1[N+](=O)[O-])C2. The van der Waals surface area contributed by atoms with Crippen molar-refractivity contribution in [1.82, 2.24) is 9.88 Å². The number of hydrogen-bond donors (Lipinski definition) is 1. The standard InChI is InChI=1S/C14H19ClN4O2/c1-18-11-3-2-4-12(18)7-10(6-11)17-14-13(19(20)21)5-9(15)8-16-14/h5,8,10-12H,2-4,6-7H2,1H3,(H,16,17). The lowest BCUT2D eigenvalue weighted by atomic mass is 9.82. The quantitative estimate of drug-likeness (QED) is 0.686. The van der Waals surface area contributed by atoms with Crippen molar-refractivity contribution >= 4 is 23.1 Å². The zero-order valence-corrected chi connectivity index (χ0v) is 12.7. The molecule has 7 heteroatoms. The van der Waals surface area contributed by atoms with Gasteiger partial charge in [-0.3, -0.25) is 10.1 Å². The molecular formula is C14H19ClN4O2.